The van der Waals surface area contributed by atoms with Crippen LogP contribution in [-0.4, -0.2) is 14.8 Å². The van der Waals surface area contributed by atoms with Crippen molar-refractivity contribution in [1.82, 2.24) is 14.8 Å². The number of nitrogens with zero attached hydrogens (tertiary/aromatic N) is 3. The first kappa shape index (κ1) is 9.64. The van der Waals surface area contributed by atoms with Gasteiger partial charge >= 0.3 is 0 Å². The van der Waals surface area contributed by atoms with Gasteiger partial charge in [-0.2, -0.15) is 9.49 Å². The van der Waals surface area contributed by atoms with Crippen molar-refractivity contribution in [2.75, 3.05) is 5.32 Å². The van der Waals surface area contributed by atoms with E-state index in [1.807, 2.05) is 19.3 Å². The van der Waals surface area contributed by atoms with Gasteiger partial charge in [-0.3, -0.25) is 4.68 Å². The third-order valence-corrected chi connectivity index (χ3v) is 1.93. The van der Waals surface area contributed by atoms with Crippen molar-refractivity contribution in [1.29, 1.82) is 0 Å². The zero-order chi connectivity index (χ0) is 10.7. The van der Waals surface area contributed by atoms with E-state index in [0.717, 1.165) is 5.69 Å². The van der Waals surface area contributed by atoms with Crippen molar-refractivity contribution in [3.05, 3.63) is 42.1 Å². The number of aryl methyl sites for hydroxylation is 1. The number of nitrogens with one attached hydrogen (secondary N) is 1. The standard InChI is InChI=1S/C10H11FN4/c1-15-6-5-8(14-15)7-12-10-4-2-3-9(11)13-10/h2-6H,7H2,1H3,(H,12,13). The van der Waals surface area contributed by atoms with Crippen LogP contribution in [0.25, 0.3) is 0 Å². The predicted molar refractivity (Wildman–Crippen MR) is 54.7 cm³/mol. The number of rotatable bonds is 3. The average Bonchev–Trinajstić information content (AvgIpc) is 2.62. The highest BCUT2D eigenvalue weighted by atomic mass is 19.1. The van der Waals surface area contributed by atoms with Gasteiger partial charge in [0.1, 0.15) is 5.82 Å². The summed E-state index contributed by atoms with van der Waals surface area (Å²) < 4.78 is 14.4. The Bertz CT molecular complexity index is 452. The van der Waals surface area contributed by atoms with Crippen molar-refractivity contribution >= 4 is 5.82 Å². The molecule has 78 valence electrons. The second kappa shape index (κ2) is 4.08. The number of anilines is 1. The summed E-state index contributed by atoms with van der Waals surface area (Å²) in [5.74, 6) is 0.0293. The monoisotopic (exact) mass is 206 g/mol. The smallest absolute Gasteiger partial charge is 0.214 e. The highest BCUT2D eigenvalue weighted by Gasteiger charge is 1.98. The van der Waals surface area contributed by atoms with Crippen LogP contribution < -0.4 is 5.32 Å². The largest absolute Gasteiger partial charge is 0.364 e. The maximum Gasteiger partial charge on any atom is 0.214 e. The average molecular weight is 206 g/mol. The molecule has 2 heterocycles. The van der Waals surface area contributed by atoms with E-state index in [0.29, 0.717) is 12.4 Å². The molecule has 0 unspecified atom stereocenters. The molecule has 0 saturated heterocycles. The van der Waals surface area contributed by atoms with Crippen LogP contribution >= 0.6 is 0 Å². The van der Waals surface area contributed by atoms with E-state index in [2.05, 4.69) is 15.4 Å². The zero-order valence-corrected chi connectivity index (χ0v) is 8.31. The second-order valence-electron chi connectivity index (χ2n) is 3.18. The lowest BCUT2D eigenvalue weighted by Gasteiger charge is -2.02. The molecular formula is C10H11FN4. The minimum Gasteiger partial charge on any atom is -0.364 e. The Morgan fingerprint density at radius 3 is 2.93 bits per heavy atom. The highest BCUT2D eigenvalue weighted by Crippen LogP contribution is 2.05. The maximum absolute atomic E-state index is 12.7. The molecule has 0 aromatic carbocycles. The Morgan fingerprint density at radius 1 is 1.40 bits per heavy atom. The lowest BCUT2D eigenvalue weighted by molar-refractivity contribution is 0.585. The molecule has 0 atom stereocenters. The van der Waals surface area contributed by atoms with E-state index in [1.165, 1.54) is 6.07 Å². The molecule has 5 heteroatoms. The van der Waals surface area contributed by atoms with Crippen LogP contribution in [0.5, 0.6) is 0 Å². The maximum atomic E-state index is 12.7. The van der Waals surface area contributed by atoms with Crippen molar-refractivity contribution in [2.24, 2.45) is 7.05 Å². The summed E-state index contributed by atoms with van der Waals surface area (Å²) in [6.45, 7) is 0.539. The van der Waals surface area contributed by atoms with Crippen LogP contribution in [0.1, 0.15) is 5.69 Å². The number of halogens is 1. The van der Waals surface area contributed by atoms with Crippen LogP contribution in [-0.2, 0) is 13.6 Å². The molecule has 2 aromatic heterocycles. The Balaban J connectivity index is 1.99. The molecule has 0 saturated carbocycles. The summed E-state index contributed by atoms with van der Waals surface area (Å²) >= 11 is 0. The van der Waals surface area contributed by atoms with Gasteiger partial charge in [-0.1, -0.05) is 6.07 Å². The molecule has 4 nitrogen and oxygen atoms in total. The number of hydrogen-bond acceptors (Lipinski definition) is 3. The quantitative estimate of drug-likeness (QED) is 0.775. The van der Waals surface area contributed by atoms with E-state index < -0.39 is 5.95 Å². The Morgan fingerprint density at radius 2 is 2.27 bits per heavy atom. The Labute approximate surface area is 86.8 Å². The molecule has 0 spiro atoms. The molecular weight excluding hydrogens is 195 g/mol. The Hall–Kier alpha value is -1.91. The van der Waals surface area contributed by atoms with Gasteiger partial charge in [-0.25, -0.2) is 4.98 Å². The molecule has 0 aliphatic rings. The summed E-state index contributed by atoms with van der Waals surface area (Å²) in [7, 11) is 1.85. The van der Waals surface area contributed by atoms with Crippen molar-refractivity contribution in [3.8, 4) is 0 Å². The molecule has 2 rings (SSSR count). The third-order valence-electron chi connectivity index (χ3n) is 1.93. The Kier molecular flexibility index (Phi) is 2.62. The van der Waals surface area contributed by atoms with Gasteiger partial charge < -0.3 is 5.32 Å². The first-order valence-electron chi connectivity index (χ1n) is 4.59. The predicted octanol–water partition coefficient (Wildman–Crippen LogP) is 1.57. The minimum absolute atomic E-state index is 0.485. The van der Waals surface area contributed by atoms with Gasteiger partial charge in [0.15, 0.2) is 0 Å². The molecule has 0 bridgehead atoms. The van der Waals surface area contributed by atoms with Crippen LogP contribution in [0.3, 0.4) is 0 Å². The molecule has 1 N–H and O–H groups in total. The van der Waals surface area contributed by atoms with E-state index in [9.17, 15) is 4.39 Å². The number of hydrogen-bond donors (Lipinski definition) is 1. The number of pyridine rings is 1. The fraction of sp³-hybridized carbons (Fsp3) is 0.200. The first-order chi connectivity index (χ1) is 7.24. The van der Waals surface area contributed by atoms with E-state index >= 15 is 0 Å². The summed E-state index contributed by atoms with van der Waals surface area (Å²) in [5.41, 5.74) is 0.892. The lowest BCUT2D eigenvalue weighted by Crippen LogP contribution is -2.03. The molecule has 0 fully saturated rings. The zero-order valence-electron chi connectivity index (χ0n) is 8.31. The van der Waals surface area contributed by atoms with E-state index in [-0.39, 0.29) is 0 Å². The van der Waals surface area contributed by atoms with Crippen LogP contribution in [0.15, 0.2) is 30.5 Å². The topological polar surface area (TPSA) is 42.7 Å². The van der Waals surface area contributed by atoms with Gasteiger partial charge in [0, 0.05) is 13.2 Å². The molecule has 0 radical (unpaired) electrons. The molecule has 0 aliphatic heterocycles. The van der Waals surface area contributed by atoms with Crippen molar-refractivity contribution in [2.45, 2.75) is 6.54 Å². The molecule has 2 aromatic rings. The van der Waals surface area contributed by atoms with Crippen molar-refractivity contribution in [3.63, 3.8) is 0 Å². The fourth-order valence-corrected chi connectivity index (χ4v) is 1.25. The van der Waals surface area contributed by atoms with Gasteiger partial charge in [-0.05, 0) is 18.2 Å². The van der Waals surface area contributed by atoms with Crippen LogP contribution in [0.2, 0.25) is 0 Å². The van der Waals surface area contributed by atoms with Crippen molar-refractivity contribution < 1.29 is 4.39 Å². The fourth-order valence-electron chi connectivity index (χ4n) is 1.25. The SMILES string of the molecule is Cn1ccc(CNc2cccc(F)n2)n1. The van der Waals surface area contributed by atoms with Gasteiger partial charge in [0.05, 0.1) is 12.2 Å². The first-order valence-corrected chi connectivity index (χ1v) is 4.59. The highest BCUT2D eigenvalue weighted by molar-refractivity contribution is 5.33. The summed E-state index contributed by atoms with van der Waals surface area (Å²) in [6, 6.07) is 6.54. The third kappa shape index (κ3) is 2.52. The molecule has 0 amide bonds. The summed E-state index contributed by atoms with van der Waals surface area (Å²) in [6.07, 6.45) is 1.86. The van der Waals surface area contributed by atoms with Gasteiger partial charge in [0.25, 0.3) is 0 Å². The minimum atomic E-state index is -0.485. The van der Waals surface area contributed by atoms with Crippen LogP contribution in [0, 0.1) is 5.95 Å². The van der Waals surface area contributed by atoms with E-state index in [1.54, 1.807) is 16.8 Å². The van der Waals surface area contributed by atoms with Gasteiger partial charge in [-0.15, -0.1) is 0 Å². The lowest BCUT2D eigenvalue weighted by atomic mass is 10.4. The van der Waals surface area contributed by atoms with Crippen LogP contribution in [0.4, 0.5) is 10.2 Å². The summed E-state index contributed by atoms with van der Waals surface area (Å²) in [4.78, 5) is 3.68. The molecule has 15 heavy (non-hydrogen) atoms. The summed E-state index contributed by atoms with van der Waals surface area (Å²) in [5, 5.41) is 7.17. The van der Waals surface area contributed by atoms with Gasteiger partial charge in [0.2, 0.25) is 5.95 Å². The van der Waals surface area contributed by atoms with E-state index in [4.69, 9.17) is 0 Å². The normalized spacial score (nSPS) is 10.3. The number of aromatic nitrogens is 3. The molecule has 0 aliphatic carbocycles. The second-order valence-corrected chi connectivity index (χ2v) is 3.18.